The molecule has 1 aromatic rings. The fraction of sp³-hybridized carbons (Fsp3) is 0.692. The summed E-state index contributed by atoms with van der Waals surface area (Å²) in [6.45, 7) is 8.91. The van der Waals surface area contributed by atoms with Crippen LogP contribution in [0.1, 0.15) is 13.8 Å². The van der Waals surface area contributed by atoms with Crippen LogP contribution in [0.5, 0.6) is 0 Å². The Hall–Kier alpha value is -1.60. The minimum Gasteiger partial charge on any atom is -0.379 e. The molecule has 7 nitrogen and oxygen atoms in total. The lowest BCUT2D eigenvalue weighted by Gasteiger charge is -2.32. The lowest BCUT2D eigenvalue weighted by molar-refractivity contribution is 0.0209. The minimum absolute atomic E-state index is 0.194. The second-order valence-corrected chi connectivity index (χ2v) is 4.92. The molecule has 0 bridgehead atoms. The molecular formula is C13H23N5O2. The third kappa shape index (κ3) is 4.21. The van der Waals surface area contributed by atoms with Gasteiger partial charge in [-0.15, -0.1) is 0 Å². The Morgan fingerprint density at radius 3 is 2.90 bits per heavy atom. The molecule has 112 valence electrons. The van der Waals surface area contributed by atoms with Crippen LogP contribution in [0.3, 0.4) is 0 Å². The Morgan fingerprint density at radius 1 is 1.50 bits per heavy atom. The van der Waals surface area contributed by atoms with Crippen LogP contribution in [-0.2, 0) is 11.3 Å². The van der Waals surface area contributed by atoms with Gasteiger partial charge in [0, 0.05) is 38.4 Å². The monoisotopic (exact) mass is 281 g/mol. The van der Waals surface area contributed by atoms with Crippen molar-refractivity contribution in [3.05, 3.63) is 12.4 Å². The van der Waals surface area contributed by atoms with Crippen LogP contribution in [0.15, 0.2) is 12.4 Å². The quantitative estimate of drug-likeness (QED) is 0.835. The SMILES string of the molecule is CCn1cc(NC(=O)NC[C@H](C)N2CCOCC2)cn1. The maximum Gasteiger partial charge on any atom is 0.319 e. The second kappa shape index (κ2) is 7.25. The number of rotatable bonds is 5. The number of hydrogen-bond donors (Lipinski definition) is 2. The van der Waals surface area contributed by atoms with Gasteiger partial charge in [-0.05, 0) is 13.8 Å². The number of amides is 2. The molecule has 0 unspecified atom stereocenters. The highest BCUT2D eigenvalue weighted by Crippen LogP contribution is 2.05. The van der Waals surface area contributed by atoms with Crippen molar-refractivity contribution < 1.29 is 9.53 Å². The Labute approximate surface area is 119 Å². The summed E-state index contributed by atoms with van der Waals surface area (Å²) in [5.41, 5.74) is 0.711. The summed E-state index contributed by atoms with van der Waals surface area (Å²) < 4.78 is 7.09. The molecule has 2 N–H and O–H groups in total. The molecule has 0 spiro atoms. The number of ether oxygens (including phenoxy) is 1. The van der Waals surface area contributed by atoms with Gasteiger partial charge in [0.1, 0.15) is 0 Å². The number of carbonyl (C=O) groups is 1. The van der Waals surface area contributed by atoms with Crippen molar-refractivity contribution in [1.82, 2.24) is 20.0 Å². The molecule has 0 saturated carbocycles. The number of aryl methyl sites for hydroxylation is 1. The molecule has 20 heavy (non-hydrogen) atoms. The van der Waals surface area contributed by atoms with Crippen molar-refractivity contribution in [2.24, 2.45) is 0 Å². The Kier molecular flexibility index (Phi) is 5.37. The first kappa shape index (κ1) is 14.8. The van der Waals surface area contributed by atoms with Crippen LogP contribution in [0.4, 0.5) is 10.5 Å². The van der Waals surface area contributed by atoms with E-state index < -0.39 is 0 Å². The summed E-state index contributed by atoms with van der Waals surface area (Å²) in [6.07, 6.45) is 3.46. The highest BCUT2D eigenvalue weighted by atomic mass is 16.5. The number of nitrogens with zero attached hydrogens (tertiary/aromatic N) is 3. The normalized spacial score (nSPS) is 17.7. The number of carbonyl (C=O) groups excluding carboxylic acids is 1. The van der Waals surface area contributed by atoms with Crippen molar-refractivity contribution in [1.29, 1.82) is 0 Å². The first-order valence-electron chi connectivity index (χ1n) is 7.08. The van der Waals surface area contributed by atoms with Gasteiger partial charge in [-0.2, -0.15) is 5.10 Å². The summed E-state index contributed by atoms with van der Waals surface area (Å²) in [5.74, 6) is 0. The molecule has 2 rings (SSSR count). The summed E-state index contributed by atoms with van der Waals surface area (Å²) >= 11 is 0. The van der Waals surface area contributed by atoms with Gasteiger partial charge >= 0.3 is 6.03 Å². The van der Waals surface area contributed by atoms with Crippen molar-refractivity contribution in [2.45, 2.75) is 26.4 Å². The van der Waals surface area contributed by atoms with Gasteiger partial charge < -0.3 is 15.4 Å². The van der Waals surface area contributed by atoms with E-state index in [1.54, 1.807) is 10.9 Å². The average Bonchev–Trinajstić information content (AvgIpc) is 2.93. The molecule has 0 aromatic carbocycles. The largest absolute Gasteiger partial charge is 0.379 e. The molecule has 0 aliphatic carbocycles. The van der Waals surface area contributed by atoms with E-state index >= 15 is 0 Å². The van der Waals surface area contributed by atoms with Crippen LogP contribution < -0.4 is 10.6 Å². The van der Waals surface area contributed by atoms with Crippen LogP contribution in [0.25, 0.3) is 0 Å². The number of aromatic nitrogens is 2. The van der Waals surface area contributed by atoms with E-state index in [-0.39, 0.29) is 6.03 Å². The molecule has 1 aliphatic heterocycles. The molecule has 1 saturated heterocycles. The molecule has 1 aliphatic rings. The third-order valence-corrected chi connectivity index (χ3v) is 3.44. The fourth-order valence-electron chi connectivity index (χ4n) is 2.16. The van der Waals surface area contributed by atoms with Crippen molar-refractivity contribution in [3.8, 4) is 0 Å². The highest BCUT2D eigenvalue weighted by Gasteiger charge is 2.17. The van der Waals surface area contributed by atoms with Crippen LogP contribution >= 0.6 is 0 Å². The lowest BCUT2D eigenvalue weighted by atomic mass is 10.2. The van der Waals surface area contributed by atoms with Crippen LogP contribution in [0.2, 0.25) is 0 Å². The number of anilines is 1. The smallest absolute Gasteiger partial charge is 0.319 e. The van der Waals surface area contributed by atoms with E-state index in [9.17, 15) is 4.79 Å². The number of morpholine rings is 1. The van der Waals surface area contributed by atoms with Gasteiger partial charge in [0.2, 0.25) is 0 Å². The van der Waals surface area contributed by atoms with E-state index in [0.29, 0.717) is 18.3 Å². The molecule has 1 aromatic heterocycles. The molecule has 1 fully saturated rings. The lowest BCUT2D eigenvalue weighted by Crippen LogP contribution is -2.47. The summed E-state index contributed by atoms with van der Waals surface area (Å²) in [7, 11) is 0. The Morgan fingerprint density at radius 2 is 2.25 bits per heavy atom. The zero-order valence-corrected chi connectivity index (χ0v) is 12.1. The second-order valence-electron chi connectivity index (χ2n) is 4.92. The molecule has 2 amide bonds. The number of urea groups is 1. The predicted octanol–water partition coefficient (Wildman–Crippen LogP) is 0.745. The van der Waals surface area contributed by atoms with Crippen molar-refractivity contribution in [3.63, 3.8) is 0 Å². The van der Waals surface area contributed by atoms with Crippen molar-refractivity contribution in [2.75, 3.05) is 38.2 Å². The van der Waals surface area contributed by atoms with Gasteiger partial charge in [-0.1, -0.05) is 0 Å². The summed E-state index contributed by atoms with van der Waals surface area (Å²) in [6, 6.07) is 0.115. The standard InChI is InChI=1S/C13H23N5O2/c1-3-18-10-12(9-15-18)16-13(19)14-8-11(2)17-4-6-20-7-5-17/h9-11H,3-8H2,1-2H3,(H2,14,16,19)/t11-/m0/s1. The zero-order valence-electron chi connectivity index (χ0n) is 12.1. The van der Waals surface area contributed by atoms with Gasteiger partial charge in [0.05, 0.1) is 25.1 Å². The van der Waals surface area contributed by atoms with Crippen molar-refractivity contribution >= 4 is 11.7 Å². The first-order chi connectivity index (χ1) is 9.69. The third-order valence-electron chi connectivity index (χ3n) is 3.44. The van der Waals surface area contributed by atoms with Crippen LogP contribution in [-0.4, -0.2) is 59.6 Å². The van der Waals surface area contributed by atoms with Gasteiger partial charge in [0.15, 0.2) is 0 Å². The molecular weight excluding hydrogens is 258 g/mol. The van der Waals surface area contributed by atoms with E-state index in [1.165, 1.54) is 0 Å². The van der Waals surface area contributed by atoms with Crippen LogP contribution in [0, 0.1) is 0 Å². The van der Waals surface area contributed by atoms with Gasteiger partial charge in [-0.3, -0.25) is 9.58 Å². The first-order valence-corrected chi connectivity index (χ1v) is 7.08. The molecule has 0 radical (unpaired) electrons. The highest BCUT2D eigenvalue weighted by molar-refractivity contribution is 5.88. The Balaban J connectivity index is 1.71. The summed E-state index contributed by atoms with van der Waals surface area (Å²) in [5, 5.41) is 9.77. The maximum atomic E-state index is 11.8. The number of nitrogens with one attached hydrogen (secondary N) is 2. The fourth-order valence-corrected chi connectivity index (χ4v) is 2.16. The zero-order chi connectivity index (χ0) is 14.4. The number of hydrogen-bond acceptors (Lipinski definition) is 4. The maximum absolute atomic E-state index is 11.8. The predicted molar refractivity (Wildman–Crippen MR) is 76.8 cm³/mol. The van der Waals surface area contributed by atoms with E-state index in [0.717, 1.165) is 32.8 Å². The molecule has 1 atom stereocenters. The van der Waals surface area contributed by atoms with E-state index in [2.05, 4.69) is 27.6 Å². The van der Waals surface area contributed by atoms with E-state index in [1.807, 2.05) is 13.1 Å². The molecule has 2 heterocycles. The summed E-state index contributed by atoms with van der Waals surface area (Å²) in [4.78, 5) is 14.1. The molecule has 7 heteroatoms. The average molecular weight is 281 g/mol. The topological polar surface area (TPSA) is 71.4 Å². The minimum atomic E-state index is -0.194. The van der Waals surface area contributed by atoms with Gasteiger partial charge in [0.25, 0.3) is 0 Å². The van der Waals surface area contributed by atoms with Gasteiger partial charge in [-0.25, -0.2) is 4.79 Å². The Bertz CT molecular complexity index is 428. The van der Waals surface area contributed by atoms with E-state index in [4.69, 9.17) is 4.74 Å².